The molecule has 0 aromatic heterocycles. The van der Waals surface area contributed by atoms with E-state index in [1.807, 2.05) is 6.92 Å². The first-order valence-electron chi connectivity index (χ1n) is 5.77. The quantitative estimate of drug-likeness (QED) is 0.747. The Bertz CT molecular complexity index is 486. The number of fused-ring (bicyclic) bond motifs is 1. The van der Waals surface area contributed by atoms with Crippen molar-refractivity contribution in [2.75, 3.05) is 6.61 Å². The van der Waals surface area contributed by atoms with Crippen LogP contribution >= 0.6 is 0 Å². The topological polar surface area (TPSA) is 9.23 Å². The highest BCUT2D eigenvalue weighted by Gasteiger charge is 2.20. The molecule has 2 rings (SSSR count). The Morgan fingerprint density at radius 3 is 2.38 bits per heavy atom. The minimum atomic E-state index is -0.210. The third-order valence-corrected chi connectivity index (χ3v) is 2.95. The van der Waals surface area contributed by atoms with E-state index in [-0.39, 0.29) is 5.60 Å². The molecule has 0 unspecified atom stereocenters. The molecule has 0 aliphatic heterocycles. The monoisotopic (exact) mass is 214 g/mol. The summed E-state index contributed by atoms with van der Waals surface area (Å²) < 4.78 is 5.76. The molecular formula is C15H18O. The normalized spacial score (nSPS) is 11.9. The predicted octanol–water partition coefficient (Wildman–Crippen LogP) is 4.11. The van der Waals surface area contributed by atoms with E-state index in [1.165, 1.54) is 16.3 Å². The van der Waals surface area contributed by atoms with Crippen LogP contribution in [0.3, 0.4) is 0 Å². The number of hydrogen-bond donors (Lipinski definition) is 0. The van der Waals surface area contributed by atoms with E-state index >= 15 is 0 Å². The Kier molecular flexibility index (Phi) is 2.97. The largest absolute Gasteiger partial charge is 0.371 e. The van der Waals surface area contributed by atoms with Crippen LogP contribution in [0.25, 0.3) is 10.8 Å². The SMILES string of the molecule is CCOC(C)(C)c1ccc2ccccc2c1. The van der Waals surface area contributed by atoms with Crippen LogP contribution in [0.2, 0.25) is 0 Å². The van der Waals surface area contributed by atoms with Crippen molar-refractivity contribution in [1.82, 2.24) is 0 Å². The van der Waals surface area contributed by atoms with Crippen molar-refractivity contribution in [2.45, 2.75) is 26.4 Å². The number of benzene rings is 2. The van der Waals surface area contributed by atoms with Gasteiger partial charge in [-0.2, -0.15) is 0 Å². The third kappa shape index (κ3) is 2.10. The van der Waals surface area contributed by atoms with Gasteiger partial charge in [-0.15, -0.1) is 0 Å². The van der Waals surface area contributed by atoms with Crippen molar-refractivity contribution in [3.63, 3.8) is 0 Å². The lowest BCUT2D eigenvalue weighted by atomic mass is 9.95. The van der Waals surface area contributed by atoms with Crippen molar-refractivity contribution in [3.05, 3.63) is 48.0 Å². The van der Waals surface area contributed by atoms with Crippen LogP contribution in [0.4, 0.5) is 0 Å². The van der Waals surface area contributed by atoms with Gasteiger partial charge in [0.1, 0.15) is 0 Å². The van der Waals surface area contributed by atoms with Crippen molar-refractivity contribution < 1.29 is 4.74 Å². The van der Waals surface area contributed by atoms with Gasteiger partial charge in [0.15, 0.2) is 0 Å². The van der Waals surface area contributed by atoms with Crippen LogP contribution in [-0.2, 0) is 10.3 Å². The zero-order chi connectivity index (χ0) is 11.6. The summed E-state index contributed by atoms with van der Waals surface area (Å²) >= 11 is 0. The summed E-state index contributed by atoms with van der Waals surface area (Å²) in [5.74, 6) is 0. The first kappa shape index (κ1) is 11.2. The highest BCUT2D eigenvalue weighted by molar-refractivity contribution is 5.83. The van der Waals surface area contributed by atoms with Gasteiger partial charge in [0.25, 0.3) is 0 Å². The van der Waals surface area contributed by atoms with Crippen LogP contribution in [0.15, 0.2) is 42.5 Å². The Labute approximate surface area is 97.1 Å². The average Bonchev–Trinajstić information content (AvgIpc) is 2.28. The maximum atomic E-state index is 5.76. The van der Waals surface area contributed by atoms with Gasteiger partial charge >= 0.3 is 0 Å². The summed E-state index contributed by atoms with van der Waals surface area (Å²) in [5.41, 5.74) is 1.02. The van der Waals surface area contributed by atoms with Gasteiger partial charge in [-0.1, -0.05) is 36.4 Å². The molecule has 84 valence electrons. The van der Waals surface area contributed by atoms with Crippen LogP contribution in [0, 0.1) is 0 Å². The lowest BCUT2D eigenvalue weighted by Gasteiger charge is -2.25. The lowest BCUT2D eigenvalue weighted by molar-refractivity contribution is -0.0139. The smallest absolute Gasteiger partial charge is 0.0875 e. The zero-order valence-corrected chi connectivity index (χ0v) is 10.2. The van der Waals surface area contributed by atoms with Gasteiger partial charge in [-0.25, -0.2) is 0 Å². The number of rotatable bonds is 3. The number of ether oxygens (including phenoxy) is 1. The molecule has 2 aromatic rings. The number of hydrogen-bond acceptors (Lipinski definition) is 1. The molecule has 0 saturated heterocycles. The molecule has 0 spiro atoms. The summed E-state index contributed by atoms with van der Waals surface area (Å²) in [6, 6.07) is 14.9. The highest BCUT2D eigenvalue weighted by Crippen LogP contribution is 2.27. The van der Waals surface area contributed by atoms with Crippen molar-refractivity contribution >= 4 is 10.8 Å². The van der Waals surface area contributed by atoms with Crippen molar-refractivity contribution in [3.8, 4) is 0 Å². The van der Waals surface area contributed by atoms with Crippen LogP contribution in [0.1, 0.15) is 26.3 Å². The van der Waals surface area contributed by atoms with Gasteiger partial charge < -0.3 is 4.74 Å². The fourth-order valence-electron chi connectivity index (χ4n) is 2.01. The second-order valence-corrected chi connectivity index (χ2v) is 4.51. The molecule has 16 heavy (non-hydrogen) atoms. The van der Waals surface area contributed by atoms with E-state index in [2.05, 4.69) is 56.3 Å². The molecule has 0 N–H and O–H groups in total. The Morgan fingerprint density at radius 1 is 1.00 bits per heavy atom. The minimum absolute atomic E-state index is 0.210. The van der Waals surface area contributed by atoms with Gasteiger partial charge in [0.05, 0.1) is 5.60 Å². The van der Waals surface area contributed by atoms with Gasteiger partial charge in [0, 0.05) is 6.61 Å². The van der Waals surface area contributed by atoms with Crippen molar-refractivity contribution in [1.29, 1.82) is 0 Å². The molecule has 0 aliphatic rings. The molecule has 0 saturated carbocycles. The third-order valence-electron chi connectivity index (χ3n) is 2.95. The summed E-state index contributed by atoms with van der Waals surface area (Å²) in [6.07, 6.45) is 0. The molecule has 0 bridgehead atoms. The van der Waals surface area contributed by atoms with Crippen LogP contribution < -0.4 is 0 Å². The molecule has 0 aliphatic carbocycles. The molecule has 0 atom stereocenters. The average molecular weight is 214 g/mol. The second kappa shape index (κ2) is 4.26. The second-order valence-electron chi connectivity index (χ2n) is 4.51. The fourth-order valence-corrected chi connectivity index (χ4v) is 2.01. The summed E-state index contributed by atoms with van der Waals surface area (Å²) in [4.78, 5) is 0. The molecule has 2 aromatic carbocycles. The molecular weight excluding hydrogens is 196 g/mol. The van der Waals surface area contributed by atoms with Gasteiger partial charge in [-0.05, 0) is 43.2 Å². The van der Waals surface area contributed by atoms with Crippen molar-refractivity contribution in [2.24, 2.45) is 0 Å². The maximum absolute atomic E-state index is 5.76. The Hall–Kier alpha value is -1.34. The van der Waals surface area contributed by atoms with Gasteiger partial charge in [0.2, 0.25) is 0 Å². The van der Waals surface area contributed by atoms with E-state index in [9.17, 15) is 0 Å². The molecule has 1 heteroatoms. The fraction of sp³-hybridized carbons (Fsp3) is 0.333. The summed E-state index contributed by atoms with van der Waals surface area (Å²) in [6.45, 7) is 6.99. The summed E-state index contributed by atoms with van der Waals surface area (Å²) in [5, 5.41) is 2.55. The van der Waals surface area contributed by atoms with Crippen LogP contribution in [0.5, 0.6) is 0 Å². The lowest BCUT2D eigenvalue weighted by Crippen LogP contribution is -2.21. The molecule has 0 fully saturated rings. The molecule has 1 nitrogen and oxygen atoms in total. The maximum Gasteiger partial charge on any atom is 0.0875 e. The van der Waals surface area contributed by atoms with Crippen LogP contribution in [-0.4, -0.2) is 6.61 Å². The molecule has 0 radical (unpaired) electrons. The zero-order valence-electron chi connectivity index (χ0n) is 10.2. The first-order chi connectivity index (χ1) is 7.63. The minimum Gasteiger partial charge on any atom is -0.371 e. The van der Waals surface area contributed by atoms with Gasteiger partial charge in [-0.3, -0.25) is 0 Å². The molecule has 0 heterocycles. The van der Waals surface area contributed by atoms with E-state index in [0.29, 0.717) is 0 Å². The Morgan fingerprint density at radius 2 is 1.69 bits per heavy atom. The summed E-state index contributed by atoms with van der Waals surface area (Å²) in [7, 11) is 0. The standard InChI is InChI=1S/C15H18O/c1-4-16-15(2,3)14-10-9-12-7-5-6-8-13(12)11-14/h5-11H,4H2,1-3H3. The van der Waals surface area contributed by atoms with E-state index in [0.717, 1.165) is 6.61 Å². The first-order valence-corrected chi connectivity index (χ1v) is 5.77. The highest BCUT2D eigenvalue weighted by atomic mass is 16.5. The molecule has 0 amide bonds. The van der Waals surface area contributed by atoms with E-state index in [1.54, 1.807) is 0 Å². The van der Waals surface area contributed by atoms with E-state index in [4.69, 9.17) is 4.74 Å². The predicted molar refractivity (Wildman–Crippen MR) is 68.6 cm³/mol. The van der Waals surface area contributed by atoms with E-state index < -0.39 is 0 Å². The Balaban J connectivity index is 2.46.